The molecule has 1 aromatic rings. The lowest BCUT2D eigenvalue weighted by atomic mass is 10.3. The number of nitrogens with one attached hydrogen (secondary N) is 2. The van der Waals surface area contributed by atoms with E-state index in [9.17, 15) is 23.3 Å². The number of thioether (sulfide) groups is 1. The van der Waals surface area contributed by atoms with Crippen LogP contribution in [0.25, 0.3) is 0 Å². The van der Waals surface area contributed by atoms with Gasteiger partial charge in [0.1, 0.15) is 11.6 Å². The molecule has 0 spiro atoms. The summed E-state index contributed by atoms with van der Waals surface area (Å²) in [5.41, 5.74) is -2.44. The maximum atomic E-state index is 11.9. The molecule has 1 rings (SSSR count). The van der Waals surface area contributed by atoms with E-state index in [0.29, 0.717) is 0 Å². The molecule has 0 aromatic carbocycles. The van der Waals surface area contributed by atoms with Gasteiger partial charge in [0.2, 0.25) is 0 Å². The van der Waals surface area contributed by atoms with E-state index >= 15 is 0 Å². The van der Waals surface area contributed by atoms with E-state index in [1.54, 1.807) is 0 Å². The van der Waals surface area contributed by atoms with E-state index in [2.05, 4.69) is 15.7 Å². The molecule has 0 aliphatic rings. The molecule has 0 saturated heterocycles. The van der Waals surface area contributed by atoms with Crippen molar-refractivity contribution in [1.82, 2.24) is 4.98 Å². The van der Waals surface area contributed by atoms with Gasteiger partial charge in [-0.1, -0.05) is 0 Å². The molecule has 7 nitrogen and oxygen atoms in total. The monoisotopic (exact) mass is 297 g/mol. The highest BCUT2D eigenvalue weighted by molar-refractivity contribution is 8.00. The second-order valence-corrected chi connectivity index (χ2v) is 4.38. The Morgan fingerprint density at radius 1 is 1.42 bits per heavy atom. The highest BCUT2D eigenvalue weighted by Crippen LogP contribution is 2.29. The van der Waals surface area contributed by atoms with Gasteiger partial charge in [-0.05, 0) is 11.8 Å². The molecule has 0 fully saturated rings. The Kier molecular flexibility index (Phi) is 5.18. The summed E-state index contributed by atoms with van der Waals surface area (Å²) < 4.78 is 35.6. The molecule has 0 atom stereocenters. The van der Waals surface area contributed by atoms with Gasteiger partial charge >= 0.3 is 5.51 Å². The van der Waals surface area contributed by atoms with Crippen molar-refractivity contribution in [3.63, 3.8) is 0 Å². The second-order valence-electron chi connectivity index (χ2n) is 3.22. The third-order valence-corrected chi connectivity index (χ3v) is 2.58. The first kappa shape index (κ1) is 15.3. The minimum absolute atomic E-state index is 0.0393. The Bertz CT molecular complexity index is 457. The molecule has 4 N–H and O–H groups in total. The van der Waals surface area contributed by atoms with Gasteiger partial charge in [-0.3, -0.25) is 10.1 Å². The zero-order chi connectivity index (χ0) is 14.5. The number of halogens is 3. The number of nitrogens with zero attached hydrogens (tertiary/aromatic N) is 2. The van der Waals surface area contributed by atoms with Crippen molar-refractivity contribution >= 4 is 29.1 Å². The molecule has 0 aliphatic carbocycles. The lowest BCUT2D eigenvalue weighted by Gasteiger charge is -2.08. The number of nitrogen functional groups attached to an aromatic ring is 1. The van der Waals surface area contributed by atoms with Gasteiger partial charge in [0.05, 0.1) is 17.1 Å². The van der Waals surface area contributed by atoms with Crippen LogP contribution in [-0.2, 0) is 0 Å². The number of anilines is 2. The summed E-state index contributed by atoms with van der Waals surface area (Å²) in [5, 5.41) is 13.2. The topological polar surface area (TPSA) is 106 Å². The molecular weight excluding hydrogens is 287 g/mol. The molecule has 11 heteroatoms. The average molecular weight is 297 g/mol. The van der Waals surface area contributed by atoms with E-state index in [-0.39, 0.29) is 41.4 Å². The van der Waals surface area contributed by atoms with Gasteiger partial charge in [0.25, 0.3) is 5.69 Å². The average Bonchev–Trinajstić information content (AvgIpc) is 2.33. The Hall–Kier alpha value is -1.75. The normalized spacial score (nSPS) is 11.2. The van der Waals surface area contributed by atoms with Crippen LogP contribution in [0.4, 0.5) is 30.5 Å². The van der Waals surface area contributed by atoms with Crippen LogP contribution in [0.5, 0.6) is 0 Å². The number of nitrogens with two attached hydrogens (primary N) is 1. The number of alkyl halides is 3. The predicted molar refractivity (Wildman–Crippen MR) is 65.7 cm³/mol. The van der Waals surface area contributed by atoms with Crippen LogP contribution in [0, 0.1) is 10.1 Å². The number of pyridine rings is 1. The quantitative estimate of drug-likeness (QED) is 0.319. The van der Waals surface area contributed by atoms with Crippen LogP contribution in [-0.4, -0.2) is 27.7 Å². The van der Waals surface area contributed by atoms with Gasteiger partial charge in [0.15, 0.2) is 0 Å². The van der Waals surface area contributed by atoms with Gasteiger partial charge in [-0.25, -0.2) is 10.8 Å². The van der Waals surface area contributed by atoms with Gasteiger partial charge in [-0.2, -0.15) is 13.2 Å². The molecule has 1 heterocycles. The number of aromatic nitrogens is 1. The first-order chi connectivity index (χ1) is 8.81. The summed E-state index contributed by atoms with van der Waals surface area (Å²) in [6.45, 7) is -0.0393. The van der Waals surface area contributed by atoms with Crippen molar-refractivity contribution in [2.75, 3.05) is 23.0 Å². The molecule has 0 aliphatic heterocycles. The number of nitro groups is 1. The summed E-state index contributed by atoms with van der Waals surface area (Å²) in [5.74, 6) is 4.96. The molecule has 0 saturated carbocycles. The van der Waals surface area contributed by atoms with Crippen molar-refractivity contribution in [2.24, 2.45) is 5.84 Å². The van der Waals surface area contributed by atoms with Gasteiger partial charge < -0.3 is 10.7 Å². The number of hydrazine groups is 1. The summed E-state index contributed by atoms with van der Waals surface area (Å²) in [7, 11) is 0. The predicted octanol–water partition coefficient (Wildman–Crippen LogP) is 1.94. The van der Waals surface area contributed by atoms with E-state index in [0.717, 1.165) is 12.1 Å². The van der Waals surface area contributed by atoms with E-state index in [1.807, 2.05) is 0 Å². The maximum Gasteiger partial charge on any atom is 0.441 e. The largest absolute Gasteiger partial charge is 0.441 e. The first-order valence-electron chi connectivity index (χ1n) is 4.89. The van der Waals surface area contributed by atoms with E-state index in [1.165, 1.54) is 0 Å². The van der Waals surface area contributed by atoms with E-state index in [4.69, 9.17) is 5.84 Å². The van der Waals surface area contributed by atoms with Crippen LogP contribution in [0.1, 0.15) is 0 Å². The third-order valence-electron chi connectivity index (χ3n) is 1.84. The third kappa shape index (κ3) is 5.61. The Balaban J connectivity index is 2.62. The van der Waals surface area contributed by atoms with Gasteiger partial charge in [-0.15, -0.1) is 0 Å². The van der Waals surface area contributed by atoms with Crippen LogP contribution < -0.4 is 16.6 Å². The fourth-order valence-electron chi connectivity index (χ4n) is 1.13. The summed E-state index contributed by atoms with van der Waals surface area (Å²) in [6, 6.07) is 2.22. The minimum atomic E-state index is -4.30. The van der Waals surface area contributed by atoms with Crippen LogP contribution in [0.15, 0.2) is 12.1 Å². The molecule has 0 radical (unpaired) electrons. The van der Waals surface area contributed by atoms with E-state index < -0.39 is 10.4 Å². The zero-order valence-corrected chi connectivity index (χ0v) is 10.2. The van der Waals surface area contributed by atoms with Crippen molar-refractivity contribution in [1.29, 1.82) is 0 Å². The fraction of sp³-hybridized carbons (Fsp3) is 0.375. The Labute approximate surface area is 109 Å². The minimum Gasteiger partial charge on any atom is -0.369 e. The molecule has 0 bridgehead atoms. The number of hydrogen-bond donors (Lipinski definition) is 3. The molecule has 0 unspecified atom stereocenters. The number of rotatable bonds is 6. The molecule has 0 amide bonds. The molecule has 106 valence electrons. The standard InChI is InChI=1S/C8H10F3N5O2S/c9-8(10,11)19-2-1-13-6-3-5(16(17)18)4-7(14-6)15-12/h3-4H,1-2,12H2,(H2,13,14,15). The fourth-order valence-corrected chi connectivity index (χ4v) is 1.57. The molecular formula is C8H10F3N5O2S. The van der Waals surface area contributed by atoms with Crippen molar-refractivity contribution in [3.05, 3.63) is 22.2 Å². The Morgan fingerprint density at radius 2 is 2.05 bits per heavy atom. The smallest absolute Gasteiger partial charge is 0.369 e. The van der Waals surface area contributed by atoms with Gasteiger partial charge in [0, 0.05) is 12.3 Å². The highest BCUT2D eigenvalue weighted by atomic mass is 32.2. The molecule has 19 heavy (non-hydrogen) atoms. The van der Waals surface area contributed by atoms with Crippen molar-refractivity contribution in [2.45, 2.75) is 5.51 Å². The second kappa shape index (κ2) is 6.43. The zero-order valence-electron chi connectivity index (χ0n) is 9.40. The molecule has 1 aromatic heterocycles. The summed E-state index contributed by atoms with van der Waals surface area (Å²) in [4.78, 5) is 13.8. The summed E-state index contributed by atoms with van der Waals surface area (Å²) >= 11 is -0.191. The SMILES string of the molecule is NNc1cc([N+](=O)[O-])cc(NCCSC(F)(F)F)n1. The van der Waals surface area contributed by atoms with Crippen molar-refractivity contribution < 1.29 is 18.1 Å². The highest BCUT2D eigenvalue weighted by Gasteiger charge is 2.27. The first-order valence-corrected chi connectivity index (χ1v) is 5.88. The van der Waals surface area contributed by atoms with Crippen LogP contribution in [0.3, 0.4) is 0 Å². The number of hydrogen-bond acceptors (Lipinski definition) is 7. The maximum absolute atomic E-state index is 11.9. The lowest BCUT2D eigenvalue weighted by Crippen LogP contribution is -2.13. The van der Waals surface area contributed by atoms with Crippen LogP contribution in [0.2, 0.25) is 0 Å². The Morgan fingerprint density at radius 3 is 2.58 bits per heavy atom. The van der Waals surface area contributed by atoms with Crippen molar-refractivity contribution in [3.8, 4) is 0 Å². The lowest BCUT2D eigenvalue weighted by molar-refractivity contribution is -0.384. The van der Waals surface area contributed by atoms with Crippen LogP contribution >= 0.6 is 11.8 Å². The summed E-state index contributed by atoms with van der Waals surface area (Å²) in [6.07, 6.45) is 0.